The number of carbonyl (C=O) groups excluding carboxylic acids is 1. The number of carbonyl (C=O) groups is 1. The molecule has 0 spiro atoms. The molecule has 1 saturated heterocycles. The van der Waals surface area contributed by atoms with Crippen molar-refractivity contribution in [1.29, 1.82) is 0 Å². The number of ether oxygens (including phenoxy) is 3. The maximum Gasteiger partial charge on any atom is 0.331 e. The first-order valence-electron chi connectivity index (χ1n) is 14.7. The van der Waals surface area contributed by atoms with Crippen LogP contribution in [0.4, 0.5) is 0 Å². The minimum atomic E-state index is -1.53. The Morgan fingerprint density at radius 2 is 1.77 bits per heavy atom. The number of cyclic esters (lactones) is 1. The minimum Gasteiger partial charge on any atom is -0.458 e. The van der Waals surface area contributed by atoms with Crippen LogP contribution in [0, 0.1) is 34.5 Å². The molecule has 6 aliphatic rings. The van der Waals surface area contributed by atoms with E-state index < -0.39 is 55.1 Å². The van der Waals surface area contributed by atoms with Gasteiger partial charge in [0, 0.05) is 11.5 Å². The molecule has 10 heteroatoms. The van der Waals surface area contributed by atoms with Crippen molar-refractivity contribution in [2.75, 3.05) is 13.2 Å². The summed E-state index contributed by atoms with van der Waals surface area (Å²) in [6, 6.07) is 0. The average molecular weight is 553 g/mol. The van der Waals surface area contributed by atoms with E-state index in [-0.39, 0.29) is 40.5 Å². The van der Waals surface area contributed by atoms with E-state index in [1.165, 1.54) is 0 Å². The number of hydrogen-bond acceptors (Lipinski definition) is 10. The fourth-order valence-electron chi connectivity index (χ4n) is 9.91. The minimum absolute atomic E-state index is 0.108. The summed E-state index contributed by atoms with van der Waals surface area (Å²) >= 11 is 0. The van der Waals surface area contributed by atoms with Gasteiger partial charge in [-0.25, -0.2) is 4.79 Å². The Morgan fingerprint density at radius 3 is 2.46 bits per heavy atom. The molecule has 14 atom stereocenters. The molecule has 10 nitrogen and oxygen atoms in total. The van der Waals surface area contributed by atoms with Gasteiger partial charge in [-0.2, -0.15) is 0 Å². The number of aliphatic hydroxyl groups excluding tert-OH is 5. The predicted molar refractivity (Wildman–Crippen MR) is 136 cm³/mol. The van der Waals surface area contributed by atoms with Gasteiger partial charge in [-0.3, -0.25) is 0 Å². The first-order chi connectivity index (χ1) is 18.4. The van der Waals surface area contributed by atoms with Gasteiger partial charge >= 0.3 is 5.97 Å². The number of esters is 1. The topological polar surface area (TPSA) is 166 Å². The van der Waals surface area contributed by atoms with E-state index >= 15 is 0 Å². The summed E-state index contributed by atoms with van der Waals surface area (Å²) < 4.78 is 16.8. The summed E-state index contributed by atoms with van der Waals surface area (Å²) in [4.78, 5) is 11.8. The number of rotatable bonds is 4. The lowest BCUT2D eigenvalue weighted by Gasteiger charge is -2.64. The zero-order valence-electron chi connectivity index (χ0n) is 22.8. The Kier molecular flexibility index (Phi) is 6.99. The molecule has 0 amide bonds. The van der Waals surface area contributed by atoms with Gasteiger partial charge in [-0.15, -0.1) is 0 Å². The Hall–Kier alpha value is -1.11. The van der Waals surface area contributed by atoms with Crippen LogP contribution in [0.15, 0.2) is 11.6 Å². The molecule has 6 N–H and O–H groups in total. The predicted octanol–water partition coefficient (Wildman–Crippen LogP) is 0.399. The van der Waals surface area contributed by atoms with E-state index in [1.54, 1.807) is 6.08 Å². The Morgan fingerprint density at radius 1 is 1.00 bits per heavy atom. The van der Waals surface area contributed by atoms with E-state index in [2.05, 4.69) is 13.8 Å². The smallest absolute Gasteiger partial charge is 0.331 e. The zero-order valence-corrected chi connectivity index (χ0v) is 22.8. The molecule has 6 rings (SSSR count). The fraction of sp³-hybridized carbons (Fsp3) is 0.897. The van der Waals surface area contributed by atoms with Gasteiger partial charge in [0.1, 0.15) is 31.0 Å². The van der Waals surface area contributed by atoms with Crippen LogP contribution in [-0.2, 0) is 19.0 Å². The van der Waals surface area contributed by atoms with Crippen LogP contribution in [0.25, 0.3) is 0 Å². The van der Waals surface area contributed by atoms with Crippen molar-refractivity contribution < 1.29 is 49.6 Å². The van der Waals surface area contributed by atoms with Crippen LogP contribution in [0.5, 0.6) is 0 Å². The molecule has 4 saturated carbocycles. The molecule has 2 aliphatic heterocycles. The molecule has 0 radical (unpaired) electrons. The van der Waals surface area contributed by atoms with E-state index in [0.29, 0.717) is 25.9 Å². The van der Waals surface area contributed by atoms with Crippen molar-refractivity contribution in [3.63, 3.8) is 0 Å². The summed E-state index contributed by atoms with van der Waals surface area (Å²) in [5, 5.41) is 63.9. The SMILES string of the molecule is C[C@]12C[C@@H](O)[C@H](O[C@@H]3O[C@H](CO)[C@@H](O)[C@H](O)[C@H]3O)C[C@@H]1CC[C@@H]1[C@@H]2CC[C@]2(C)[C@@H](C3=CC(=O)OC3)CC[C@]12O. The van der Waals surface area contributed by atoms with E-state index in [4.69, 9.17) is 14.2 Å². The molecule has 0 aromatic heterocycles. The van der Waals surface area contributed by atoms with Crippen molar-refractivity contribution in [2.45, 2.75) is 114 Å². The number of aliphatic hydroxyl groups is 6. The van der Waals surface area contributed by atoms with Gasteiger partial charge in [0.25, 0.3) is 0 Å². The third-order valence-corrected chi connectivity index (χ3v) is 12.1. The highest BCUT2D eigenvalue weighted by molar-refractivity contribution is 5.85. The van der Waals surface area contributed by atoms with Crippen LogP contribution < -0.4 is 0 Å². The normalized spacial score (nSPS) is 55.3. The second kappa shape index (κ2) is 9.73. The van der Waals surface area contributed by atoms with Gasteiger partial charge in [0.15, 0.2) is 6.29 Å². The van der Waals surface area contributed by atoms with Crippen molar-refractivity contribution in [2.24, 2.45) is 34.5 Å². The van der Waals surface area contributed by atoms with Crippen LogP contribution in [0.1, 0.15) is 65.2 Å². The number of hydrogen-bond donors (Lipinski definition) is 6. The van der Waals surface area contributed by atoms with E-state index in [1.807, 2.05) is 0 Å². The lowest BCUT2D eigenvalue weighted by molar-refractivity contribution is -0.325. The lowest BCUT2D eigenvalue weighted by Crippen LogP contribution is -2.64. The average Bonchev–Trinajstić information content (AvgIpc) is 3.44. The standard InChI is InChI=1S/C29H44O10/c1-27-11-19(31)20(38-26-25(35)24(34)23(33)21(12-30)39-26)10-15(27)3-4-18-17(27)5-7-28(2)16(6-8-29(18,28)36)14-9-22(32)37-13-14/h9,15-21,23-26,30-31,33-36H,3-8,10-13H2,1-2H3/t15-,16+,17-,18+,19+,20+,21+,23+,24-,25+,26+,27-,28+,29-/m0/s1. The first kappa shape index (κ1) is 28.0. The van der Waals surface area contributed by atoms with Crippen molar-refractivity contribution in [3.05, 3.63) is 11.6 Å². The summed E-state index contributed by atoms with van der Waals surface area (Å²) in [6.07, 6.45) is -0.514. The molecule has 0 aromatic rings. The number of fused-ring (bicyclic) bond motifs is 5. The fourth-order valence-corrected chi connectivity index (χ4v) is 9.91. The van der Waals surface area contributed by atoms with Crippen molar-refractivity contribution >= 4 is 5.97 Å². The highest BCUT2D eigenvalue weighted by atomic mass is 16.7. The van der Waals surface area contributed by atoms with E-state index in [0.717, 1.165) is 37.7 Å². The largest absolute Gasteiger partial charge is 0.458 e. The molecular weight excluding hydrogens is 508 g/mol. The van der Waals surface area contributed by atoms with Gasteiger partial charge in [0.05, 0.1) is 24.4 Å². The molecule has 2 heterocycles. The summed E-state index contributed by atoms with van der Waals surface area (Å²) in [5.41, 5.74) is -0.342. The highest BCUT2D eigenvalue weighted by Gasteiger charge is 2.68. The molecule has 220 valence electrons. The third-order valence-electron chi connectivity index (χ3n) is 12.1. The second-order valence-corrected chi connectivity index (χ2v) is 13.7. The summed E-state index contributed by atoms with van der Waals surface area (Å²) in [6.45, 7) is 4.22. The van der Waals surface area contributed by atoms with Crippen LogP contribution in [-0.4, -0.2) is 98.3 Å². The quantitative estimate of drug-likeness (QED) is 0.212. The molecule has 0 unspecified atom stereocenters. The van der Waals surface area contributed by atoms with Gasteiger partial charge < -0.3 is 44.8 Å². The lowest BCUT2D eigenvalue weighted by atomic mass is 9.43. The molecule has 0 bridgehead atoms. The maximum absolute atomic E-state index is 12.4. The van der Waals surface area contributed by atoms with Gasteiger partial charge in [-0.05, 0) is 86.0 Å². The summed E-state index contributed by atoms with van der Waals surface area (Å²) in [7, 11) is 0. The molecular formula is C29H44O10. The maximum atomic E-state index is 12.4. The van der Waals surface area contributed by atoms with Crippen LogP contribution in [0.3, 0.4) is 0 Å². The Bertz CT molecular complexity index is 1000. The molecule has 5 fully saturated rings. The molecule has 0 aromatic carbocycles. The third kappa shape index (κ3) is 4.08. The first-order valence-corrected chi connectivity index (χ1v) is 14.7. The van der Waals surface area contributed by atoms with Gasteiger partial charge in [0.2, 0.25) is 0 Å². The molecule has 39 heavy (non-hydrogen) atoms. The van der Waals surface area contributed by atoms with Crippen molar-refractivity contribution in [1.82, 2.24) is 0 Å². The Labute approximate surface area is 229 Å². The highest BCUT2D eigenvalue weighted by Crippen LogP contribution is 2.70. The van der Waals surface area contributed by atoms with Crippen LogP contribution >= 0.6 is 0 Å². The zero-order chi connectivity index (χ0) is 27.9. The monoisotopic (exact) mass is 552 g/mol. The summed E-state index contributed by atoms with van der Waals surface area (Å²) in [5.74, 6) is 0.435. The van der Waals surface area contributed by atoms with Crippen molar-refractivity contribution in [3.8, 4) is 0 Å². The Balaban J connectivity index is 1.18. The second-order valence-electron chi connectivity index (χ2n) is 13.7. The van der Waals surface area contributed by atoms with Crippen LogP contribution in [0.2, 0.25) is 0 Å². The molecule has 4 aliphatic carbocycles. The van der Waals surface area contributed by atoms with Gasteiger partial charge in [-0.1, -0.05) is 13.8 Å². The van der Waals surface area contributed by atoms with E-state index in [9.17, 15) is 35.4 Å².